The molecule has 0 radical (unpaired) electrons. The van der Waals surface area contributed by atoms with Crippen LogP contribution in [0.2, 0.25) is 0 Å². The zero-order valence-electron chi connectivity index (χ0n) is 9.63. The largest absolute Gasteiger partial charge is 0.451 e. The molecule has 2 rings (SSSR count). The van der Waals surface area contributed by atoms with Crippen LogP contribution in [0.25, 0.3) is 11.3 Å². The van der Waals surface area contributed by atoms with E-state index in [0.717, 1.165) is 6.20 Å². The molecule has 1 atom stereocenters. The molecule has 19 heavy (non-hydrogen) atoms. The van der Waals surface area contributed by atoms with Crippen LogP contribution in [0, 0.1) is 0 Å². The summed E-state index contributed by atoms with van der Waals surface area (Å²) in [6.45, 7) is 0. The molecule has 7 heteroatoms. The van der Waals surface area contributed by atoms with Crippen molar-refractivity contribution >= 4 is 5.95 Å². The van der Waals surface area contributed by atoms with Crippen LogP contribution in [0.5, 0.6) is 5.75 Å². The molecule has 0 saturated heterocycles. The van der Waals surface area contributed by atoms with Gasteiger partial charge in [-0.3, -0.25) is 0 Å². The van der Waals surface area contributed by atoms with Crippen LogP contribution < -0.4 is 10.5 Å². The van der Waals surface area contributed by atoms with Gasteiger partial charge in [0.05, 0.1) is 6.20 Å². The summed E-state index contributed by atoms with van der Waals surface area (Å²) in [5, 5.41) is 0. The van der Waals surface area contributed by atoms with Gasteiger partial charge in [0.1, 0.15) is 5.69 Å². The molecule has 4 nitrogen and oxygen atoms in total. The molecule has 100 valence electrons. The Morgan fingerprint density at radius 3 is 2.42 bits per heavy atom. The minimum absolute atomic E-state index is 0.0568. The van der Waals surface area contributed by atoms with E-state index in [0.29, 0.717) is 5.56 Å². The van der Waals surface area contributed by atoms with Crippen LogP contribution in [0.4, 0.5) is 19.1 Å². The summed E-state index contributed by atoms with van der Waals surface area (Å²) in [6, 6.07) is 8.55. The van der Waals surface area contributed by atoms with E-state index in [2.05, 4.69) is 14.7 Å². The third-order valence-electron chi connectivity index (χ3n) is 2.26. The molecule has 0 aliphatic rings. The van der Waals surface area contributed by atoms with Crippen LogP contribution >= 0.6 is 0 Å². The molecule has 1 aromatic heterocycles. The zero-order valence-corrected chi connectivity index (χ0v) is 9.63. The molecule has 1 heterocycles. The van der Waals surface area contributed by atoms with Gasteiger partial charge in [-0.2, -0.15) is 4.39 Å². The summed E-state index contributed by atoms with van der Waals surface area (Å²) in [4.78, 5) is 7.49. The van der Waals surface area contributed by atoms with Crippen molar-refractivity contribution in [2.24, 2.45) is 0 Å². The predicted octanol–water partition coefficient (Wildman–Crippen LogP) is 2.67. The van der Waals surface area contributed by atoms with Crippen LogP contribution in [0.15, 0.2) is 36.5 Å². The highest BCUT2D eigenvalue weighted by atomic mass is 19.3. The Balaban J connectivity index is 2.39. The fraction of sp³-hybridized carbons (Fsp3) is 0.167. The summed E-state index contributed by atoms with van der Waals surface area (Å²) in [5.41, 5.74) is 6.16. The van der Waals surface area contributed by atoms with E-state index in [9.17, 15) is 13.2 Å². The van der Waals surface area contributed by atoms with Gasteiger partial charge in [-0.1, -0.05) is 30.3 Å². The smallest absolute Gasteiger partial charge is 0.304 e. The summed E-state index contributed by atoms with van der Waals surface area (Å²) < 4.78 is 41.8. The molecule has 0 fully saturated rings. The van der Waals surface area contributed by atoms with E-state index >= 15 is 0 Å². The summed E-state index contributed by atoms with van der Waals surface area (Å²) in [5.74, 6) is -0.244. The van der Waals surface area contributed by atoms with Gasteiger partial charge in [-0.25, -0.2) is 18.7 Å². The maximum atomic E-state index is 12.9. The van der Waals surface area contributed by atoms with Crippen molar-refractivity contribution in [3.05, 3.63) is 36.5 Å². The topological polar surface area (TPSA) is 61.0 Å². The maximum absolute atomic E-state index is 12.9. The quantitative estimate of drug-likeness (QED) is 0.926. The normalized spacial score (nSPS) is 12.4. The van der Waals surface area contributed by atoms with E-state index in [-0.39, 0.29) is 17.4 Å². The van der Waals surface area contributed by atoms with Gasteiger partial charge in [0.2, 0.25) is 5.95 Å². The summed E-state index contributed by atoms with van der Waals surface area (Å²) in [7, 11) is 0. The van der Waals surface area contributed by atoms with E-state index < -0.39 is 12.8 Å². The molecular formula is C12H10F3N3O. The van der Waals surface area contributed by atoms with Crippen LogP contribution in [-0.4, -0.2) is 22.8 Å². The number of halogens is 3. The molecule has 2 N–H and O–H groups in total. The Morgan fingerprint density at radius 2 is 1.79 bits per heavy atom. The van der Waals surface area contributed by atoms with E-state index in [1.165, 1.54) is 0 Å². The lowest BCUT2D eigenvalue weighted by molar-refractivity contribution is -0.0668. The first kappa shape index (κ1) is 13.1. The van der Waals surface area contributed by atoms with Gasteiger partial charge < -0.3 is 10.5 Å². The van der Waals surface area contributed by atoms with Crippen molar-refractivity contribution < 1.29 is 17.9 Å². The lowest BCUT2D eigenvalue weighted by Crippen LogP contribution is -2.20. The Hall–Kier alpha value is -2.31. The van der Waals surface area contributed by atoms with Crippen molar-refractivity contribution in [2.75, 3.05) is 5.73 Å². The number of nitrogens with two attached hydrogens (primary N) is 1. The number of aromatic nitrogens is 2. The molecule has 1 unspecified atom stereocenters. The molecule has 1 aromatic carbocycles. The number of rotatable bonds is 4. The average molecular weight is 269 g/mol. The monoisotopic (exact) mass is 269 g/mol. The summed E-state index contributed by atoms with van der Waals surface area (Å²) >= 11 is 0. The van der Waals surface area contributed by atoms with E-state index in [4.69, 9.17) is 5.73 Å². The first-order valence-electron chi connectivity index (χ1n) is 5.34. The number of hydrogen-bond donors (Lipinski definition) is 1. The van der Waals surface area contributed by atoms with Gasteiger partial charge in [0.15, 0.2) is 5.75 Å². The standard InChI is InChI=1S/C12H10F3N3O/c13-10(14)11(15)19-8-6-17-12(16)18-9(8)7-4-2-1-3-5-7/h1-6,10-11H,(H2,16,17,18). The van der Waals surface area contributed by atoms with Crippen LogP contribution in [0.1, 0.15) is 0 Å². The first-order valence-corrected chi connectivity index (χ1v) is 5.34. The van der Waals surface area contributed by atoms with Gasteiger partial charge in [0, 0.05) is 5.56 Å². The molecular weight excluding hydrogens is 259 g/mol. The molecule has 0 bridgehead atoms. The SMILES string of the molecule is Nc1ncc(OC(F)C(F)F)c(-c2ccccc2)n1. The van der Waals surface area contributed by atoms with Crippen molar-refractivity contribution in [3.8, 4) is 17.0 Å². The van der Waals surface area contributed by atoms with Crippen LogP contribution in [0.3, 0.4) is 0 Å². The Bertz CT molecular complexity index is 551. The second kappa shape index (κ2) is 5.55. The number of ether oxygens (including phenoxy) is 1. The van der Waals surface area contributed by atoms with Gasteiger partial charge in [-0.05, 0) is 0 Å². The van der Waals surface area contributed by atoms with Crippen molar-refractivity contribution in [1.82, 2.24) is 9.97 Å². The summed E-state index contributed by atoms with van der Waals surface area (Å²) in [6.07, 6.45) is -4.92. The molecule has 0 saturated carbocycles. The van der Waals surface area contributed by atoms with Gasteiger partial charge >= 0.3 is 6.43 Å². The zero-order chi connectivity index (χ0) is 13.8. The fourth-order valence-corrected chi connectivity index (χ4v) is 1.45. The van der Waals surface area contributed by atoms with E-state index in [1.807, 2.05) is 0 Å². The molecule has 0 aliphatic heterocycles. The first-order chi connectivity index (χ1) is 9.08. The number of alkyl halides is 3. The van der Waals surface area contributed by atoms with Crippen molar-refractivity contribution in [2.45, 2.75) is 12.8 Å². The van der Waals surface area contributed by atoms with E-state index in [1.54, 1.807) is 30.3 Å². The maximum Gasteiger partial charge on any atom is 0.304 e. The average Bonchev–Trinajstić information content (AvgIpc) is 2.41. The number of nitrogen functional groups attached to an aromatic ring is 1. The molecule has 0 amide bonds. The minimum Gasteiger partial charge on any atom is -0.451 e. The highest BCUT2D eigenvalue weighted by Crippen LogP contribution is 2.29. The van der Waals surface area contributed by atoms with Gasteiger partial charge in [-0.15, -0.1) is 0 Å². The minimum atomic E-state index is -3.25. The second-order valence-corrected chi connectivity index (χ2v) is 3.61. The number of nitrogens with zero attached hydrogens (tertiary/aromatic N) is 2. The second-order valence-electron chi connectivity index (χ2n) is 3.61. The predicted molar refractivity (Wildman–Crippen MR) is 63.4 cm³/mol. The highest BCUT2D eigenvalue weighted by molar-refractivity contribution is 5.66. The Labute approximate surface area is 107 Å². The molecule has 0 spiro atoms. The lowest BCUT2D eigenvalue weighted by Gasteiger charge is -2.13. The van der Waals surface area contributed by atoms with Crippen LogP contribution in [-0.2, 0) is 0 Å². The molecule has 2 aromatic rings. The Morgan fingerprint density at radius 1 is 1.11 bits per heavy atom. The lowest BCUT2D eigenvalue weighted by atomic mass is 10.1. The molecule has 0 aliphatic carbocycles. The Kier molecular flexibility index (Phi) is 3.84. The number of anilines is 1. The van der Waals surface area contributed by atoms with Crippen molar-refractivity contribution in [1.29, 1.82) is 0 Å². The fourth-order valence-electron chi connectivity index (χ4n) is 1.45. The van der Waals surface area contributed by atoms with Gasteiger partial charge in [0.25, 0.3) is 6.36 Å². The third kappa shape index (κ3) is 3.12. The van der Waals surface area contributed by atoms with Crippen molar-refractivity contribution in [3.63, 3.8) is 0 Å². The highest BCUT2D eigenvalue weighted by Gasteiger charge is 2.23. The number of hydrogen-bond acceptors (Lipinski definition) is 4. The third-order valence-corrected chi connectivity index (χ3v) is 2.26. The number of benzene rings is 1.